The van der Waals surface area contributed by atoms with Crippen molar-refractivity contribution in [3.8, 4) is 0 Å². The monoisotopic (exact) mass is 374 g/mol. The third-order valence-electron chi connectivity index (χ3n) is 3.36. The smallest absolute Gasteiger partial charge is 0.261 e. The minimum Gasteiger partial charge on any atom is -0.287 e. The zero-order chi connectivity index (χ0) is 18.4. The normalized spacial score (nSPS) is 13.3. The molecule has 0 radical (unpaired) electrons. The van der Waals surface area contributed by atoms with Crippen molar-refractivity contribution in [2.45, 2.75) is 38.5 Å². The maximum Gasteiger partial charge on any atom is 0.261 e. The van der Waals surface area contributed by atoms with Crippen molar-refractivity contribution in [2.24, 2.45) is 5.92 Å². The highest BCUT2D eigenvalue weighted by atomic mass is 32.2. The second-order valence-corrected chi connectivity index (χ2v) is 9.80. The summed E-state index contributed by atoms with van der Waals surface area (Å²) in [5.41, 5.74) is 1.88. The SMILES string of the molecule is CC(C)=CNS(=O)(=O)c1ccc(CCC(C)CNS(C)(=O)=O)cc1. The Kier molecular flexibility index (Phi) is 7.44. The van der Waals surface area contributed by atoms with E-state index < -0.39 is 20.0 Å². The summed E-state index contributed by atoms with van der Waals surface area (Å²) in [6, 6.07) is 6.73. The van der Waals surface area contributed by atoms with Gasteiger partial charge in [-0.2, -0.15) is 0 Å². The molecule has 0 aliphatic carbocycles. The Morgan fingerprint density at radius 1 is 1.12 bits per heavy atom. The van der Waals surface area contributed by atoms with Gasteiger partial charge in [0.15, 0.2) is 0 Å². The van der Waals surface area contributed by atoms with Crippen molar-refractivity contribution in [1.82, 2.24) is 9.44 Å². The van der Waals surface area contributed by atoms with Gasteiger partial charge in [0.1, 0.15) is 0 Å². The van der Waals surface area contributed by atoms with Crippen molar-refractivity contribution in [3.05, 3.63) is 41.6 Å². The van der Waals surface area contributed by atoms with E-state index in [9.17, 15) is 16.8 Å². The molecule has 0 aliphatic heterocycles. The van der Waals surface area contributed by atoms with E-state index in [2.05, 4.69) is 9.44 Å². The molecule has 0 saturated heterocycles. The van der Waals surface area contributed by atoms with Crippen molar-refractivity contribution in [1.29, 1.82) is 0 Å². The molecule has 6 nitrogen and oxygen atoms in total. The lowest BCUT2D eigenvalue weighted by atomic mass is 10.0. The van der Waals surface area contributed by atoms with Crippen LogP contribution in [0.5, 0.6) is 0 Å². The van der Waals surface area contributed by atoms with Crippen LogP contribution in [-0.2, 0) is 26.5 Å². The first-order valence-corrected chi connectivity index (χ1v) is 11.1. The molecular weight excluding hydrogens is 348 g/mol. The zero-order valence-corrected chi connectivity index (χ0v) is 16.2. The average molecular weight is 375 g/mol. The van der Waals surface area contributed by atoms with Crippen LogP contribution in [0, 0.1) is 5.92 Å². The van der Waals surface area contributed by atoms with E-state index in [1.807, 2.05) is 20.8 Å². The molecule has 0 heterocycles. The summed E-state index contributed by atoms with van der Waals surface area (Å²) in [5.74, 6) is 0.197. The Morgan fingerprint density at radius 3 is 2.21 bits per heavy atom. The summed E-state index contributed by atoms with van der Waals surface area (Å²) in [6.45, 7) is 6.00. The lowest BCUT2D eigenvalue weighted by Crippen LogP contribution is -2.27. The molecule has 1 unspecified atom stereocenters. The van der Waals surface area contributed by atoms with E-state index in [1.54, 1.807) is 24.3 Å². The van der Waals surface area contributed by atoms with Crippen molar-refractivity contribution < 1.29 is 16.8 Å². The van der Waals surface area contributed by atoms with Crippen LogP contribution in [-0.4, -0.2) is 29.6 Å². The second-order valence-electron chi connectivity index (χ2n) is 6.25. The molecule has 0 fully saturated rings. The average Bonchev–Trinajstić information content (AvgIpc) is 2.49. The van der Waals surface area contributed by atoms with Crippen LogP contribution in [0.2, 0.25) is 0 Å². The number of aryl methyl sites for hydroxylation is 1. The van der Waals surface area contributed by atoms with Gasteiger partial charge < -0.3 is 0 Å². The fraction of sp³-hybridized carbons (Fsp3) is 0.500. The van der Waals surface area contributed by atoms with Gasteiger partial charge in [0, 0.05) is 12.7 Å². The summed E-state index contributed by atoms with van der Waals surface area (Å²) in [4.78, 5) is 0.218. The summed E-state index contributed by atoms with van der Waals surface area (Å²) in [6.07, 6.45) is 4.17. The number of nitrogens with one attached hydrogen (secondary N) is 2. The van der Waals surface area contributed by atoms with E-state index in [0.717, 1.165) is 30.2 Å². The van der Waals surface area contributed by atoms with Crippen LogP contribution in [0.1, 0.15) is 32.8 Å². The predicted molar refractivity (Wildman–Crippen MR) is 96.5 cm³/mol. The second kappa shape index (κ2) is 8.64. The van der Waals surface area contributed by atoms with Gasteiger partial charge in [0.2, 0.25) is 10.0 Å². The topological polar surface area (TPSA) is 92.3 Å². The van der Waals surface area contributed by atoms with Crippen LogP contribution >= 0.6 is 0 Å². The Hall–Kier alpha value is -1.38. The van der Waals surface area contributed by atoms with E-state index in [0.29, 0.717) is 6.54 Å². The Morgan fingerprint density at radius 2 is 1.71 bits per heavy atom. The van der Waals surface area contributed by atoms with Gasteiger partial charge >= 0.3 is 0 Å². The lowest BCUT2D eigenvalue weighted by molar-refractivity contribution is 0.512. The van der Waals surface area contributed by atoms with Crippen molar-refractivity contribution in [2.75, 3.05) is 12.8 Å². The van der Waals surface area contributed by atoms with E-state index in [1.165, 1.54) is 6.20 Å². The molecule has 0 saturated carbocycles. The highest BCUT2D eigenvalue weighted by Crippen LogP contribution is 2.14. The van der Waals surface area contributed by atoms with Crippen LogP contribution in [0.25, 0.3) is 0 Å². The molecule has 24 heavy (non-hydrogen) atoms. The highest BCUT2D eigenvalue weighted by Gasteiger charge is 2.12. The molecule has 0 amide bonds. The van der Waals surface area contributed by atoms with Crippen molar-refractivity contribution in [3.63, 3.8) is 0 Å². The van der Waals surface area contributed by atoms with Gasteiger partial charge in [-0.3, -0.25) is 4.72 Å². The van der Waals surface area contributed by atoms with Gasteiger partial charge in [-0.25, -0.2) is 21.6 Å². The number of rotatable bonds is 9. The van der Waals surface area contributed by atoms with Gasteiger partial charge in [-0.05, 0) is 50.3 Å². The van der Waals surface area contributed by atoms with E-state index in [4.69, 9.17) is 0 Å². The molecule has 8 heteroatoms. The Bertz CT molecular complexity index is 763. The number of allylic oxidation sites excluding steroid dienone is 1. The molecule has 1 aromatic rings. The van der Waals surface area contributed by atoms with Crippen LogP contribution in [0.15, 0.2) is 40.9 Å². The van der Waals surface area contributed by atoms with Gasteiger partial charge in [-0.1, -0.05) is 24.6 Å². The number of hydrogen-bond acceptors (Lipinski definition) is 4. The minimum atomic E-state index is -3.53. The molecular formula is C16H26N2O4S2. The molecule has 0 bridgehead atoms. The van der Waals surface area contributed by atoms with Crippen LogP contribution in [0.3, 0.4) is 0 Å². The Labute approximate surface area is 145 Å². The van der Waals surface area contributed by atoms with Crippen molar-refractivity contribution >= 4 is 20.0 Å². The molecule has 0 aromatic heterocycles. The fourth-order valence-electron chi connectivity index (χ4n) is 1.91. The number of benzene rings is 1. The van der Waals surface area contributed by atoms with Crippen LogP contribution < -0.4 is 9.44 Å². The third-order valence-corrected chi connectivity index (χ3v) is 5.37. The molecule has 0 spiro atoms. The quantitative estimate of drug-likeness (QED) is 0.691. The van der Waals surface area contributed by atoms with Gasteiger partial charge in [0.05, 0.1) is 11.2 Å². The number of sulfonamides is 2. The molecule has 1 rings (SSSR count). The standard InChI is InChI=1S/C16H26N2O4S2/c1-13(2)11-18-24(21,22)16-9-7-15(8-10-16)6-5-14(3)12-17-23(4,19)20/h7-11,14,17-18H,5-6,12H2,1-4H3. The maximum atomic E-state index is 12.1. The van der Waals surface area contributed by atoms with Gasteiger partial charge in [-0.15, -0.1) is 0 Å². The summed E-state index contributed by atoms with van der Waals surface area (Å²) >= 11 is 0. The first-order valence-electron chi connectivity index (χ1n) is 7.69. The first-order chi connectivity index (χ1) is 11.0. The molecule has 136 valence electrons. The molecule has 1 aromatic carbocycles. The summed E-state index contributed by atoms with van der Waals surface area (Å²) < 4.78 is 51.2. The summed E-state index contributed by atoms with van der Waals surface area (Å²) in [7, 11) is -6.70. The largest absolute Gasteiger partial charge is 0.287 e. The van der Waals surface area contributed by atoms with Crippen LogP contribution in [0.4, 0.5) is 0 Å². The number of hydrogen-bond donors (Lipinski definition) is 2. The van der Waals surface area contributed by atoms with E-state index >= 15 is 0 Å². The zero-order valence-electron chi connectivity index (χ0n) is 14.5. The first kappa shape index (κ1) is 20.7. The molecule has 1 atom stereocenters. The highest BCUT2D eigenvalue weighted by molar-refractivity contribution is 7.89. The summed E-state index contributed by atoms with van der Waals surface area (Å²) in [5, 5.41) is 0. The lowest BCUT2D eigenvalue weighted by Gasteiger charge is -2.12. The molecule has 0 aliphatic rings. The maximum absolute atomic E-state index is 12.1. The van der Waals surface area contributed by atoms with Gasteiger partial charge in [0.25, 0.3) is 10.0 Å². The Balaban J connectivity index is 2.60. The minimum absolute atomic E-state index is 0.197. The predicted octanol–water partition coefficient (Wildman–Crippen LogP) is 2.01. The van der Waals surface area contributed by atoms with E-state index in [-0.39, 0.29) is 10.8 Å². The fourth-order valence-corrected chi connectivity index (χ4v) is 3.52. The third kappa shape index (κ3) is 7.94. The molecule has 2 N–H and O–H groups in total.